The third-order valence-electron chi connectivity index (χ3n) is 3.47. The summed E-state index contributed by atoms with van der Waals surface area (Å²) in [6.07, 6.45) is 0. The van der Waals surface area contributed by atoms with Crippen molar-refractivity contribution in [3.8, 4) is 0 Å². The highest BCUT2D eigenvalue weighted by Crippen LogP contribution is 2.24. The van der Waals surface area contributed by atoms with Crippen molar-refractivity contribution in [2.45, 2.75) is 13.1 Å². The highest BCUT2D eigenvalue weighted by Gasteiger charge is 2.33. The van der Waals surface area contributed by atoms with Gasteiger partial charge in [-0.25, -0.2) is 0 Å². The first-order chi connectivity index (χ1) is 7.69. The first-order valence-corrected chi connectivity index (χ1v) is 8.65. The molecule has 80 valence electrons. The van der Waals surface area contributed by atoms with E-state index in [0.29, 0.717) is 0 Å². The zero-order valence-electron chi connectivity index (χ0n) is 9.62. The van der Waals surface area contributed by atoms with Gasteiger partial charge in [-0.2, -0.15) is 0 Å². The Balaban J connectivity index is 2.28. The third-order valence-corrected chi connectivity index (χ3v) is 7.04. The van der Waals surface area contributed by atoms with Gasteiger partial charge in [-0.3, -0.25) is 0 Å². The van der Waals surface area contributed by atoms with Crippen LogP contribution >= 0.6 is 0 Å². The molecule has 0 saturated carbocycles. The number of para-hydroxylation sites is 2. The summed E-state index contributed by atoms with van der Waals surface area (Å²) in [5.41, 5.74) is 2.58. The summed E-state index contributed by atoms with van der Waals surface area (Å²) < 4.78 is 0. The molecular formula is C14H15NSi. The van der Waals surface area contributed by atoms with Crippen LogP contribution in [-0.4, -0.2) is 8.07 Å². The standard InChI is InChI=1S/C14H15NSi/c1-16(2)13-9-5-3-7-11(13)15-12-8-4-6-10-14(12)16/h3-10,15H,1-2H3. The van der Waals surface area contributed by atoms with Gasteiger partial charge < -0.3 is 5.32 Å². The van der Waals surface area contributed by atoms with Crippen molar-refractivity contribution in [3.63, 3.8) is 0 Å². The molecule has 16 heavy (non-hydrogen) atoms. The van der Waals surface area contributed by atoms with Crippen LogP contribution in [0.5, 0.6) is 0 Å². The Morgan fingerprint density at radius 1 is 0.750 bits per heavy atom. The fourth-order valence-electron chi connectivity index (χ4n) is 2.56. The molecule has 3 rings (SSSR count). The van der Waals surface area contributed by atoms with Crippen molar-refractivity contribution in [1.82, 2.24) is 0 Å². The molecule has 1 nitrogen and oxygen atoms in total. The zero-order chi connectivity index (χ0) is 11.2. The molecule has 1 aliphatic heterocycles. The van der Waals surface area contributed by atoms with Crippen LogP contribution in [0, 0.1) is 0 Å². The van der Waals surface area contributed by atoms with E-state index in [1.165, 1.54) is 21.7 Å². The molecule has 0 fully saturated rings. The van der Waals surface area contributed by atoms with E-state index < -0.39 is 8.07 Å². The van der Waals surface area contributed by atoms with Crippen molar-refractivity contribution in [1.29, 1.82) is 0 Å². The van der Waals surface area contributed by atoms with Gasteiger partial charge in [0.25, 0.3) is 0 Å². The molecule has 2 heteroatoms. The van der Waals surface area contributed by atoms with E-state index in [4.69, 9.17) is 0 Å². The number of hydrogen-bond acceptors (Lipinski definition) is 1. The summed E-state index contributed by atoms with van der Waals surface area (Å²) in [5.74, 6) is 0. The van der Waals surface area contributed by atoms with Crippen LogP contribution in [0.15, 0.2) is 48.5 Å². The Bertz CT molecular complexity index is 498. The molecule has 0 aromatic heterocycles. The highest BCUT2D eigenvalue weighted by atomic mass is 28.3. The molecule has 1 heterocycles. The summed E-state index contributed by atoms with van der Waals surface area (Å²) in [4.78, 5) is 0. The van der Waals surface area contributed by atoms with Crippen LogP contribution < -0.4 is 15.7 Å². The second-order valence-electron chi connectivity index (χ2n) is 4.84. The second kappa shape index (κ2) is 3.22. The van der Waals surface area contributed by atoms with E-state index in [-0.39, 0.29) is 0 Å². The maximum Gasteiger partial charge on any atom is 0.117 e. The van der Waals surface area contributed by atoms with E-state index in [1.54, 1.807) is 0 Å². The number of rotatable bonds is 0. The van der Waals surface area contributed by atoms with Gasteiger partial charge in [0.2, 0.25) is 0 Å². The smallest absolute Gasteiger partial charge is 0.117 e. The van der Waals surface area contributed by atoms with Gasteiger partial charge in [0.15, 0.2) is 0 Å². The second-order valence-corrected chi connectivity index (χ2v) is 9.17. The minimum atomic E-state index is -1.49. The van der Waals surface area contributed by atoms with Gasteiger partial charge in [0.05, 0.1) is 0 Å². The van der Waals surface area contributed by atoms with E-state index in [2.05, 4.69) is 66.9 Å². The van der Waals surface area contributed by atoms with Crippen LogP contribution in [0.3, 0.4) is 0 Å². The molecule has 0 atom stereocenters. The Morgan fingerprint density at radius 3 is 1.69 bits per heavy atom. The minimum Gasteiger partial charge on any atom is -0.356 e. The minimum absolute atomic E-state index is 1.29. The normalized spacial score (nSPS) is 15.9. The highest BCUT2D eigenvalue weighted by molar-refractivity contribution is 7.02. The third kappa shape index (κ3) is 1.23. The van der Waals surface area contributed by atoms with Gasteiger partial charge in [-0.15, -0.1) is 0 Å². The number of anilines is 2. The van der Waals surface area contributed by atoms with Gasteiger partial charge in [-0.05, 0) is 22.5 Å². The molecule has 0 spiro atoms. The van der Waals surface area contributed by atoms with Crippen molar-refractivity contribution in [3.05, 3.63) is 48.5 Å². The molecule has 1 N–H and O–H groups in total. The van der Waals surface area contributed by atoms with Gasteiger partial charge in [0.1, 0.15) is 8.07 Å². The SMILES string of the molecule is C[Si]1(C)c2ccccc2Nc2ccccc21. The molecular weight excluding hydrogens is 210 g/mol. The summed E-state index contributed by atoms with van der Waals surface area (Å²) in [6.45, 7) is 4.84. The van der Waals surface area contributed by atoms with Crippen molar-refractivity contribution in [2.24, 2.45) is 0 Å². The van der Waals surface area contributed by atoms with Gasteiger partial charge in [0, 0.05) is 11.4 Å². The lowest BCUT2D eigenvalue weighted by Gasteiger charge is -2.33. The first kappa shape index (κ1) is 9.67. The molecule has 2 aromatic carbocycles. The predicted octanol–water partition coefficient (Wildman–Crippen LogP) is 2.57. The van der Waals surface area contributed by atoms with Crippen molar-refractivity contribution < 1.29 is 0 Å². The fraction of sp³-hybridized carbons (Fsp3) is 0.143. The molecule has 1 aliphatic rings. The Morgan fingerprint density at radius 2 is 1.19 bits per heavy atom. The number of benzene rings is 2. The summed E-state index contributed by atoms with van der Waals surface area (Å²) in [7, 11) is -1.49. The van der Waals surface area contributed by atoms with E-state index in [9.17, 15) is 0 Å². The average Bonchev–Trinajstić information content (AvgIpc) is 2.29. The molecule has 0 saturated heterocycles. The Kier molecular flexibility index (Phi) is 1.95. The van der Waals surface area contributed by atoms with Crippen LogP contribution in [-0.2, 0) is 0 Å². The maximum atomic E-state index is 3.53. The first-order valence-electron chi connectivity index (χ1n) is 5.65. The lowest BCUT2D eigenvalue weighted by atomic mass is 10.2. The fourth-order valence-corrected chi connectivity index (χ4v) is 5.52. The average molecular weight is 225 g/mol. The van der Waals surface area contributed by atoms with Crippen LogP contribution in [0.1, 0.15) is 0 Å². The molecule has 0 unspecified atom stereocenters. The lowest BCUT2D eigenvalue weighted by molar-refractivity contribution is 1.54. The topological polar surface area (TPSA) is 12.0 Å². The summed E-state index contributed by atoms with van der Waals surface area (Å²) in [6, 6.07) is 17.4. The molecule has 0 bridgehead atoms. The van der Waals surface area contributed by atoms with E-state index >= 15 is 0 Å². The van der Waals surface area contributed by atoms with Gasteiger partial charge in [-0.1, -0.05) is 49.5 Å². The number of nitrogens with one attached hydrogen (secondary N) is 1. The molecule has 0 aliphatic carbocycles. The number of fused-ring (bicyclic) bond motifs is 2. The summed E-state index contributed by atoms with van der Waals surface area (Å²) in [5, 5.41) is 6.55. The molecule has 0 radical (unpaired) electrons. The Hall–Kier alpha value is -1.54. The van der Waals surface area contributed by atoms with Crippen LogP contribution in [0.4, 0.5) is 11.4 Å². The number of hydrogen-bond donors (Lipinski definition) is 1. The van der Waals surface area contributed by atoms with Crippen LogP contribution in [0.25, 0.3) is 0 Å². The molecule has 2 aromatic rings. The summed E-state index contributed by atoms with van der Waals surface area (Å²) >= 11 is 0. The van der Waals surface area contributed by atoms with Crippen molar-refractivity contribution >= 4 is 29.8 Å². The monoisotopic (exact) mass is 225 g/mol. The van der Waals surface area contributed by atoms with E-state index in [1.807, 2.05) is 0 Å². The maximum absolute atomic E-state index is 3.53. The quantitative estimate of drug-likeness (QED) is 0.680. The largest absolute Gasteiger partial charge is 0.356 e. The van der Waals surface area contributed by atoms with Crippen LogP contribution in [0.2, 0.25) is 13.1 Å². The van der Waals surface area contributed by atoms with Gasteiger partial charge >= 0.3 is 0 Å². The lowest BCUT2D eigenvalue weighted by Crippen LogP contribution is -2.56. The van der Waals surface area contributed by atoms with E-state index in [0.717, 1.165) is 0 Å². The zero-order valence-corrected chi connectivity index (χ0v) is 10.6. The Labute approximate surface area is 97.1 Å². The predicted molar refractivity (Wildman–Crippen MR) is 72.9 cm³/mol. The van der Waals surface area contributed by atoms with Crippen molar-refractivity contribution in [2.75, 3.05) is 5.32 Å². The molecule has 0 amide bonds.